The van der Waals surface area contributed by atoms with E-state index < -0.39 is 5.82 Å². The molecule has 3 heterocycles. The van der Waals surface area contributed by atoms with Crippen molar-refractivity contribution >= 4 is 34.2 Å². The summed E-state index contributed by atoms with van der Waals surface area (Å²) in [6, 6.07) is 13.6. The third kappa shape index (κ3) is 4.12. The number of nitrogens with one attached hydrogen (secondary N) is 2. The van der Waals surface area contributed by atoms with Crippen LogP contribution in [0.5, 0.6) is 0 Å². The Kier molecular flexibility index (Phi) is 5.54. The molecule has 2 aromatic carbocycles. The van der Waals surface area contributed by atoms with Crippen molar-refractivity contribution in [2.24, 2.45) is 0 Å². The summed E-state index contributed by atoms with van der Waals surface area (Å²) in [5, 5.41) is 8.21. The van der Waals surface area contributed by atoms with Crippen LogP contribution in [0.15, 0.2) is 73.3 Å². The average Bonchev–Trinajstić information content (AvgIpc) is 3.52. The Morgan fingerprint density at radius 3 is 2.82 bits per heavy atom. The normalized spacial score (nSPS) is 10.9. The van der Waals surface area contributed by atoms with Gasteiger partial charge in [0.25, 0.3) is 11.7 Å². The van der Waals surface area contributed by atoms with E-state index in [1.165, 1.54) is 12.3 Å². The van der Waals surface area contributed by atoms with E-state index in [4.69, 9.17) is 18.2 Å². The quantitative estimate of drug-likeness (QED) is 0.324. The van der Waals surface area contributed by atoms with Gasteiger partial charge in [-0.2, -0.15) is 5.10 Å². The van der Waals surface area contributed by atoms with Gasteiger partial charge >= 0.3 is 0 Å². The summed E-state index contributed by atoms with van der Waals surface area (Å²) in [4.78, 5) is 22.8. The smallest absolute Gasteiger partial charge is 0.288 e. The van der Waals surface area contributed by atoms with Crippen LogP contribution in [-0.2, 0) is 6.54 Å². The second-order valence-electron chi connectivity index (χ2n) is 7.55. The van der Waals surface area contributed by atoms with E-state index in [1.54, 1.807) is 47.4 Å². The summed E-state index contributed by atoms with van der Waals surface area (Å²) in [5.41, 5.74) is 3.74. The summed E-state index contributed by atoms with van der Waals surface area (Å²) in [6.07, 6.45) is 6.63. The van der Waals surface area contributed by atoms with Gasteiger partial charge in [0.2, 0.25) is 0 Å². The molecule has 7 nitrogen and oxygen atoms in total. The number of hydrogen-bond donors (Lipinski definition) is 2. The molecule has 0 aliphatic heterocycles. The Morgan fingerprint density at radius 1 is 1.15 bits per heavy atom. The number of fused-ring (bicyclic) bond motifs is 1. The maximum atomic E-state index is 14.8. The van der Waals surface area contributed by atoms with Crippen molar-refractivity contribution in [1.82, 2.24) is 25.1 Å². The van der Waals surface area contributed by atoms with Crippen LogP contribution in [0.3, 0.4) is 0 Å². The largest absolute Gasteiger partial charge is 0.361 e. The summed E-state index contributed by atoms with van der Waals surface area (Å²) >= 11 is 6.05. The molecule has 0 fully saturated rings. The van der Waals surface area contributed by atoms with Crippen LogP contribution in [0.25, 0.3) is 32.6 Å². The maximum absolute atomic E-state index is 14.8. The molecule has 9 heteroatoms. The van der Waals surface area contributed by atoms with Crippen molar-refractivity contribution in [3.8, 4) is 16.8 Å². The van der Waals surface area contributed by atoms with E-state index in [9.17, 15) is 9.18 Å². The number of rotatable bonds is 5. The minimum atomic E-state index is -0.433. The molecule has 5 rings (SSSR count). The van der Waals surface area contributed by atoms with Crippen molar-refractivity contribution in [1.29, 1.82) is 0 Å². The zero-order valence-corrected chi connectivity index (χ0v) is 18.3. The lowest BCUT2D eigenvalue weighted by Crippen LogP contribution is -2.23. The Balaban J connectivity index is 1.29. The van der Waals surface area contributed by atoms with Gasteiger partial charge in [0.05, 0.1) is 11.2 Å². The summed E-state index contributed by atoms with van der Waals surface area (Å²) in [6.45, 7) is 7.09. The van der Waals surface area contributed by atoms with E-state index >= 15 is 0 Å². The van der Waals surface area contributed by atoms with E-state index in [1.807, 2.05) is 18.3 Å². The summed E-state index contributed by atoms with van der Waals surface area (Å²) in [7, 11) is 0. The number of hydrogen-bond acceptors (Lipinski definition) is 3. The van der Waals surface area contributed by atoms with Gasteiger partial charge in [-0.05, 0) is 42.0 Å². The molecule has 0 unspecified atom stereocenters. The van der Waals surface area contributed by atoms with Crippen LogP contribution in [0, 0.1) is 12.4 Å². The topological polar surface area (TPSA) is 80.0 Å². The Labute approximate surface area is 198 Å². The van der Waals surface area contributed by atoms with Crippen molar-refractivity contribution in [2.45, 2.75) is 6.54 Å². The van der Waals surface area contributed by atoms with Gasteiger partial charge < -0.3 is 15.1 Å². The minimum Gasteiger partial charge on any atom is -0.361 e. The molecule has 3 aromatic heterocycles. The number of benzene rings is 2. The van der Waals surface area contributed by atoms with Gasteiger partial charge in [-0.1, -0.05) is 30.3 Å². The third-order valence-corrected chi connectivity index (χ3v) is 5.68. The molecule has 0 saturated carbocycles. The molecule has 0 aliphatic carbocycles. The van der Waals surface area contributed by atoms with E-state index in [2.05, 4.69) is 25.2 Å². The number of aromatic nitrogens is 4. The maximum Gasteiger partial charge on any atom is 0.288 e. The molecule has 0 bridgehead atoms. The van der Waals surface area contributed by atoms with Gasteiger partial charge in [0, 0.05) is 46.5 Å². The number of pyridine rings is 1. The van der Waals surface area contributed by atoms with Gasteiger partial charge in [-0.3, -0.25) is 4.79 Å². The van der Waals surface area contributed by atoms with Gasteiger partial charge in [-0.25, -0.2) is 9.07 Å². The van der Waals surface area contributed by atoms with Crippen LogP contribution in [0.1, 0.15) is 15.9 Å². The second kappa shape index (κ2) is 8.81. The highest BCUT2D eigenvalue weighted by Gasteiger charge is 2.12. The van der Waals surface area contributed by atoms with Crippen molar-refractivity contribution in [3.63, 3.8) is 0 Å². The lowest BCUT2D eigenvalue weighted by Gasteiger charge is -2.08. The van der Waals surface area contributed by atoms with Crippen molar-refractivity contribution < 1.29 is 9.18 Å². The third-order valence-electron chi connectivity index (χ3n) is 5.40. The molecule has 34 heavy (non-hydrogen) atoms. The standard InChI is InChI=1S/C25H16ClFN6O/c1-28-24-21(26)10-20(13-30-24)33-14-19(12-32-33)15-2-3-18(22(27)9-15)11-31-25(34)17-4-5-23-16(8-17)6-7-29-23/h2-10,12-14,29H,11H2,(H,31,34). The fourth-order valence-electron chi connectivity index (χ4n) is 3.58. The highest BCUT2D eigenvalue weighted by molar-refractivity contribution is 6.33. The molecule has 0 atom stereocenters. The van der Waals surface area contributed by atoms with E-state index in [-0.39, 0.29) is 23.3 Å². The Bertz CT molecular complexity index is 1580. The van der Waals surface area contributed by atoms with Crippen LogP contribution in [-0.4, -0.2) is 25.7 Å². The van der Waals surface area contributed by atoms with Gasteiger partial charge in [-0.15, -0.1) is 4.98 Å². The lowest BCUT2D eigenvalue weighted by atomic mass is 10.1. The predicted molar refractivity (Wildman–Crippen MR) is 127 cm³/mol. The highest BCUT2D eigenvalue weighted by Crippen LogP contribution is 2.26. The first-order valence-corrected chi connectivity index (χ1v) is 10.6. The number of H-pyrrole nitrogens is 1. The Morgan fingerprint density at radius 2 is 2.03 bits per heavy atom. The van der Waals surface area contributed by atoms with Crippen molar-refractivity contribution in [3.05, 3.63) is 107 Å². The van der Waals surface area contributed by atoms with Crippen LogP contribution in [0.4, 0.5) is 10.2 Å². The molecule has 0 radical (unpaired) electrons. The number of amides is 1. The molecule has 5 aromatic rings. The molecular formula is C25H16ClFN6O. The van der Waals surface area contributed by atoms with Crippen LogP contribution < -0.4 is 5.32 Å². The predicted octanol–water partition coefficient (Wildman–Crippen LogP) is 5.69. The second-order valence-corrected chi connectivity index (χ2v) is 7.96. The van der Waals surface area contributed by atoms with Crippen LogP contribution >= 0.6 is 11.6 Å². The zero-order valence-electron chi connectivity index (χ0n) is 17.6. The molecule has 166 valence electrons. The summed E-state index contributed by atoms with van der Waals surface area (Å²) < 4.78 is 16.3. The number of carbonyl (C=O) groups is 1. The molecule has 0 spiro atoms. The molecule has 2 N–H and O–H groups in total. The summed E-state index contributed by atoms with van der Waals surface area (Å²) in [5.74, 6) is -0.588. The first kappa shape index (κ1) is 21.4. The van der Waals surface area contributed by atoms with Crippen molar-refractivity contribution in [2.75, 3.05) is 0 Å². The fourth-order valence-corrected chi connectivity index (χ4v) is 3.79. The highest BCUT2D eigenvalue weighted by atomic mass is 35.5. The number of carbonyl (C=O) groups excluding carboxylic acids is 1. The molecule has 0 aliphatic rings. The lowest BCUT2D eigenvalue weighted by molar-refractivity contribution is 0.0950. The molecule has 0 saturated heterocycles. The number of nitrogens with zero attached hydrogens (tertiary/aromatic N) is 4. The first-order valence-electron chi connectivity index (χ1n) is 10.2. The number of halogens is 2. The average molecular weight is 471 g/mol. The number of aromatic amines is 1. The van der Waals surface area contributed by atoms with Gasteiger partial charge in [0.15, 0.2) is 0 Å². The molecular weight excluding hydrogens is 455 g/mol. The van der Waals surface area contributed by atoms with E-state index in [0.29, 0.717) is 27.9 Å². The zero-order chi connectivity index (χ0) is 23.7. The SMILES string of the molecule is [C-]#[N+]c1ncc(-n2cc(-c3ccc(CNC(=O)c4ccc5[nH]ccc5c4)c(F)c3)cn2)cc1Cl. The van der Waals surface area contributed by atoms with Gasteiger partial charge in [0.1, 0.15) is 17.7 Å². The molecule has 1 amide bonds. The monoisotopic (exact) mass is 470 g/mol. The first-order chi connectivity index (χ1) is 16.5. The van der Waals surface area contributed by atoms with Crippen LogP contribution in [0.2, 0.25) is 5.02 Å². The minimum absolute atomic E-state index is 0.0625. The Hall–Kier alpha value is -4.48. The van der Waals surface area contributed by atoms with E-state index in [0.717, 1.165) is 10.9 Å². The fraction of sp³-hybridized carbons (Fsp3) is 0.0400.